The summed E-state index contributed by atoms with van der Waals surface area (Å²) >= 11 is 3.51. The SMILES string of the molecule is CCNc1cncc(Nc2ccc(C)c(Br)c2)n1. The first-order chi connectivity index (χ1) is 8.69. The van der Waals surface area contributed by atoms with Crippen LogP contribution in [0.15, 0.2) is 35.1 Å². The van der Waals surface area contributed by atoms with E-state index < -0.39 is 0 Å². The van der Waals surface area contributed by atoms with Crippen LogP contribution in [0.2, 0.25) is 0 Å². The molecule has 94 valence electrons. The van der Waals surface area contributed by atoms with Gasteiger partial charge in [0.15, 0.2) is 5.82 Å². The third-order valence-corrected chi connectivity index (χ3v) is 3.29. The number of benzene rings is 1. The highest BCUT2D eigenvalue weighted by Gasteiger charge is 2.01. The molecule has 0 aliphatic carbocycles. The van der Waals surface area contributed by atoms with Gasteiger partial charge in [-0.1, -0.05) is 22.0 Å². The molecule has 0 radical (unpaired) electrons. The summed E-state index contributed by atoms with van der Waals surface area (Å²) in [7, 11) is 0. The van der Waals surface area contributed by atoms with Crippen molar-refractivity contribution in [1.29, 1.82) is 0 Å². The Kier molecular flexibility index (Phi) is 4.15. The Labute approximate surface area is 115 Å². The summed E-state index contributed by atoms with van der Waals surface area (Å²) in [6, 6.07) is 6.09. The van der Waals surface area contributed by atoms with Crippen LogP contribution < -0.4 is 10.6 Å². The minimum atomic E-state index is 0.726. The fraction of sp³-hybridized carbons (Fsp3) is 0.231. The summed E-state index contributed by atoms with van der Waals surface area (Å²) in [6.45, 7) is 4.91. The van der Waals surface area contributed by atoms with Crippen molar-refractivity contribution in [2.45, 2.75) is 13.8 Å². The molecule has 5 heteroatoms. The number of nitrogens with one attached hydrogen (secondary N) is 2. The summed E-state index contributed by atoms with van der Waals surface area (Å²) in [5, 5.41) is 6.36. The molecule has 1 heterocycles. The summed E-state index contributed by atoms with van der Waals surface area (Å²) in [6.07, 6.45) is 3.41. The first-order valence-corrected chi connectivity index (χ1v) is 6.57. The predicted molar refractivity (Wildman–Crippen MR) is 78.4 cm³/mol. The Bertz CT molecular complexity index is 542. The highest BCUT2D eigenvalue weighted by molar-refractivity contribution is 9.10. The molecule has 0 atom stereocenters. The molecule has 4 nitrogen and oxygen atoms in total. The van der Waals surface area contributed by atoms with Gasteiger partial charge < -0.3 is 10.6 Å². The second-order valence-corrected chi connectivity index (χ2v) is 4.76. The summed E-state index contributed by atoms with van der Waals surface area (Å²) in [4.78, 5) is 8.55. The van der Waals surface area contributed by atoms with Crippen LogP contribution in [0.1, 0.15) is 12.5 Å². The molecule has 0 saturated carbocycles. The van der Waals surface area contributed by atoms with Crippen molar-refractivity contribution >= 4 is 33.3 Å². The molecule has 0 amide bonds. The van der Waals surface area contributed by atoms with Crippen molar-refractivity contribution in [2.75, 3.05) is 17.2 Å². The smallest absolute Gasteiger partial charge is 0.151 e. The molecule has 1 aromatic heterocycles. The largest absolute Gasteiger partial charge is 0.369 e. The highest BCUT2D eigenvalue weighted by Crippen LogP contribution is 2.22. The molecule has 1 aromatic carbocycles. The molecule has 0 unspecified atom stereocenters. The number of halogens is 1. The lowest BCUT2D eigenvalue weighted by Crippen LogP contribution is -2.02. The van der Waals surface area contributed by atoms with E-state index in [0.717, 1.165) is 28.3 Å². The number of rotatable bonds is 4. The molecule has 0 spiro atoms. The maximum absolute atomic E-state index is 4.41. The average Bonchev–Trinajstić information content (AvgIpc) is 2.35. The third-order valence-electron chi connectivity index (χ3n) is 2.44. The second-order valence-electron chi connectivity index (χ2n) is 3.91. The number of nitrogens with zero attached hydrogens (tertiary/aromatic N) is 2. The van der Waals surface area contributed by atoms with Crippen molar-refractivity contribution in [3.8, 4) is 0 Å². The number of hydrogen-bond acceptors (Lipinski definition) is 4. The van der Waals surface area contributed by atoms with E-state index in [0.29, 0.717) is 0 Å². The summed E-state index contributed by atoms with van der Waals surface area (Å²) in [5.41, 5.74) is 2.18. The van der Waals surface area contributed by atoms with E-state index in [2.05, 4.69) is 43.5 Å². The monoisotopic (exact) mass is 306 g/mol. The van der Waals surface area contributed by atoms with Gasteiger partial charge in [0.1, 0.15) is 5.82 Å². The molecular formula is C13H15BrN4. The van der Waals surface area contributed by atoms with Crippen LogP contribution in [0, 0.1) is 6.92 Å². The number of hydrogen-bond donors (Lipinski definition) is 2. The molecule has 0 aliphatic rings. The lowest BCUT2D eigenvalue weighted by atomic mass is 10.2. The van der Waals surface area contributed by atoms with E-state index in [1.807, 2.05) is 25.1 Å². The van der Waals surface area contributed by atoms with Gasteiger partial charge in [-0.15, -0.1) is 0 Å². The Hall–Kier alpha value is -1.62. The van der Waals surface area contributed by atoms with Crippen LogP contribution in [0.25, 0.3) is 0 Å². The molecule has 2 aromatic rings. The minimum Gasteiger partial charge on any atom is -0.369 e. The maximum Gasteiger partial charge on any atom is 0.151 e. The van der Waals surface area contributed by atoms with Crippen LogP contribution in [0.3, 0.4) is 0 Å². The average molecular weight is 307 g/mol. The molecular weight excluding hydrogens is 292 g/mol. The maximum atomic E-state index is 4.41. The Morgan fingerprint density at radius 1 is 1.22 bits per heavy atom. The Morgan fingerprint density at radius 3 is 2.72 bits per heavy atom. The quantitative estimate of drug-likeness (QED) is 0.904. The lowest BCUT2D eigenvalue weighted by Gasteiger charge is -2.08. The van der Waals surface area contributed by atoms with Gasteiger partial charge in [-0.2, -0.15) is 0 Å². The zero-order valence-corrected chi connectivity index (χ0v) is 12.0. The van der Waals surface area contributed by atoms with Gasteiger partial charge in [0.05, 0.1) is 12.4 Å². The Balaban J connectivity index is 2.17. The van der Waals surface area contributed by atoms with Gasteiger partial charge in [-0.05, 0) is 31.5 Å². The number of aromatic nitrogens is 2. The van der Waals surface area contributed by atoms with Crippen molar-refractivity contribution < 1.29 is 0 Å². The zero-order valence-electron chi connectivity index (χ0n) is 10.4. The van der Waals surface area contributed by atoms with Crippen molar-refractivity contribution in [3.63, 3.8) is 0 Å². The molecule has 18 heavy (non-hydrogen) atoms. The third kappa shape index (κ3) is 3.20. The normalized spacial score (nSPS) is 10.2. The van der Waals surface area contributed by atoms with Crippen LogP contribution in [0.5, 0.6) is 0 Å². The fourth-order valence-electron chi connectivity index (χ4n) is 1.51. The molecule has 0 bridgehead atoms. The molecule has 0 fully saturated rings. The van der Waals surface area contributed by atoms with Crippen molar-refractivity contribution in [3.05, 3.63) is 40.6 Å². The van der Waals surface area contributed by atoms with Gasteiger partial charge in [0, 0.05) is 16.7 Å². The zero-order chi connectivity index (χ0) is 13.0. The van der Waals surface area contributed by atoms with E-state index in [9.17, 15) is 0 Å². The number of anilines is 3. The predicted octanol–water partition coefficient (Wildman–Crippen LogP) is 3.72. The first-order valence-electron chi connectivity index (χ1n) is 5.78. The van der Waals surface area contributed by atoms with E-state index in [4.69, 9.17) is 0 Å². The second kappa shape index (κ2) is 5.82. The lowest BCUT2D eigenvalue weighted by molar-refractivity contribution is 1.12. The van der Waals surface area contributed by atoms with Crippen molar-refractivity contribution in [2.24, 2.45) is 0 Å². The highest BCUT2D eigenvalue weighted by atomic mass is 79.9. The van der Waals surface area contributed by atoms with Gasteiger partial charge in [0.25, 0.3) is 0 Å². The van der Waals surface area contributed by atoms with Gasteiger partial charge >= 0.3 is 0 Å². The van der Waals surface area contributed by atoms with Gasteiger partial charge in [0.2, 0.25) is 0 Å². The number of aryl methyl sites for hydroxylation is 1. The fourth-order valence-corrected chi connectivity index (χ4v) is 1.89. The molecule has 2 N–H and O–H groups in total. The van der Waals surface area contributed by atoms with Crippen molar-refractivity contribution in [1.82, 2.24) is 9.97 Å². The van der Waals surface area contributed by atoms with E-state index >= 15 is 0 Å². The van der Waals surface area contributed by atoms with Gasteiger partial charge in [-0.3, -0.25) is 4.98 Å². The molecule has 0 saturated heterocycles. The summed E-state index contributed by atoms with van der Waals surface area (Å²) < 4.78 is 1.07. The summed E-state index contributed by atoms with van der Waals surface area (Å²) in [5.74, 6) is 1.50. The topological polar surface area (TPSA) is 49.8 Å². The standard InChI is InChI=1S/C13H15BrN4/c1-3-16-12-7-15-8-13(18-12)17-10-5-4-9(2)11(14)6-10/h4-8H,3H2,1-2H3,(H2,16,17,18). The Morgan fingerprint density at radius 2 is 2.00 bits per heavy atom. The van der Waals surface area contributed by atoms with Crippen LogP contribution >= 0.6 is 15.9 Å². The molecule has 2 rings (SSSR count). The van der Waals surface area contributed by atoms with E-state index in [-0.39, 0.29) is 0 Å². The minimum absolute atomic E-state index is 0.726. The van der Waals surface area contributed by atoms with Crippen LogP contribution in [-0.2, 0) is 0 Å². The molecule has 0 aliphatic heterocycles. The van der Waals surface area contributed by atoms with E-state index in [1.165, 1.54) is 5.56 Å². The van der Waals surface area contributed by atoms with Crippen LogP contribution in [0.4, 0.5) is 17.3 Å². The van der Waals surface area contributed by atoms with E-state index in [1.54, 1.807) is 12.4 Å². The van der Waals surface area contributed by atoms with Gasteiger partial charge in [-0.25, -0.2) is 4.98 Å². The first kappa shape index (κ1) is 12.8. The van der Waals surface area contributed by atoms with Crippen LogP contribution in [-0.4, -0.2) is 16.5 Å².